The molecular formula is C18H33O2. The summed E-state index contributed by atoms with van der Waals surface area (Å²) in [6, 6.07) is 0. The maximum absolute atomic E-state index is 6.06. The van der Waals surface area contributed by atoms with Crippen LogP contribution in [0.1, 0.15) is 59.3 Å². The molecule has 1 aliphatic carbocycles. The van der Waals surface area contributed by atoms with E-state index in [0.29, 0.717) is 12.0 Å². The Hall–Kier alpha value is -0.340. The van der Waals surface area contributed by atoms with E-state index in [1.54, 1.807) is 0 Å². The molecule has 3 atom stereocenters. The van der Waals surface area contributed by atoms with Crippen molar-refractivity contribution in [3.8, 4) is 0 Å². The molecule has 1 fully saturated rings. The SMILES string of the molecule is C=C(C)C1CCC(C)CC1OCCOCCC[CH]CC. The van der Waals surface area contributed by atoms with E-state index in [1.165, 1.54) is 24.8 Å². The van der Waals surface area contributed by atoms with Gasteiger partial charge in [0.2, 0.25) is 0 Å². The first-order valence-electron chi connectivity index (χ1n) is 8.31. The highest BCUT2D eigenvalue weighted by Gasteiger charge is 2.29. The molecule has 0 N–H and O–H groups in total. The van der Waals surface area contributed by atoms with Crippen molar-refractivity contribution in [3.05, 3.63) is 18.6 Å². The minimum Gasteiger partial charge on any atom is -0.379 e. The molecule has 0 saturated heterocycles. The Morgan fingerprint density at radius 2 is 2.05 bits per heavy atom. The highest BCUT2D eigenvalue weighted by molar-refractivity contribution is 5.02. The average Bonchev–Trinajstić information content (AvgIpc) is 2.41. The summed E-state index contributed by atoms with van der Waals surface area (Å²) in [5.41, 5.74) is 1.28. The quantitative estimate of drug-likeness (QED) is 0.423. The smallest absolute Gasteiger partial charge is 0.0704 e. The van der Waals surface area contributed by atoms with Crippen LogP contribution >= 0.6 is 0 Å². The highest BCUT2D eigenvalue weighted by Crippen LogP contribution is 2.34. The van der Waals surface area contributed by atoms with Gasteiger partial charge in [0.05, 0.1) is 19.3 Å². The Morgan fingerprint density at radius 1 is 1.25 bits per heavy atom. The third kappa shape index (κ3) is 6.90. The Kier molecular flexibility index (Phi) is 9.21. The van der Waals surface area contributed by atoms with Crippen molar-refractivity contribution in [3.63, 3.8) is 0 Å². The van der Waals surface area contributed by atoms with E-state index in [2.05, 4.69) is 33.8 Å². The van der Waals surface area contributed by atoms with Gasteiger partial charge in [0, 0.05) is 12.5 Å². The Labute approximate surface area is 125 Å². The molecule has 0 bridgehead atoms. The molecule has 0 aromatic rings. The molecule has 2 nitrogen and oxygen atoms in total. The van der Waals surface area contributed by atoms with Crippen LogP contribution in [0, 0.1) is 18.3 Å². The maximum Gasteiger partial charge on any atom is 0.0704 e. The lowest BCUT2D eigenvalue weighted by Gasteiger charge is -2.35. The molecular weight excluding hydrogens is 248 g/mol. The van der Waals surface area contributed by atoms with Gasteiger partial charge in [0.15, 0.2) is 0 Å². The first kappa shape index (κ1) is 17.7. The molecule has 0 spiro atoms. The Morgan fingerprint density at radius 3 is 2.75 bits per heavy atom. The van der Waals surface area contributed by atoms with Crippen molar-refractivity contribution in [2.45, 2.75) is 65.4 Å². The molecule has 0 aromatic carbocycles. The van der Waals surface area contributed by atoms with Gasteiger partial charge in [0.25, 0.3) is 0 Å². The van der Waals surface area contributed by atoms with Crippen molar-refractivity contribution in [2.75, 3.05) is 19.8 Å². The summed E-state index contributed by atoms with van der Waals surface area (Å²) in [6.07, 6.45) is 9.82. The monoisotopic (exact) mass is 281 g/mol. The summed E-state index contributed by atoms with van der Waals surface area (Å²) >= 11 is 0. The van der Waals surface area contributed by atoms with E-state index in [-0.39, 0.29) is 0 Å². The van der Waals surface area contributed by atoms with Gasteiger partial charge in [-0.2, -0.15) is 0 Å². The van der Waals surface area contributed by atoms with Gasteiger partial charge >= 0.3 is 0 Å². The van der Waals surface area contributed by atoms with E-state index < -0.39 is 0 Å². The lowest BCUT2D eigenvalue weighted by Crippen LogP contribution is -2.32. The molecule has 1 rings (SSSR count). The largest absolute Gasteiger partial charge is 0.379 e. The van der Waals surface area contributed by atoms with E-state index in [4.69, 9.17) is 9.47 Å². The van der Waals surface area contributed by atoms with Gasteiger partial charge in [-0.1, -0.05) is 32.4 Å². The minimum atomic E-state index is 0.355. The molecule has 3 unspecified atom stereocenters. The summed E-state index contributed by atoms with van der Waals surface area (Å²) in [5.74, 6) is 1.33. The van der Waals surface area contributed by atoms with Crippen LogP contribution in [0.3, 0.4) is 0 Å². The van der Waals surface area contributed by atoms with Gasteiger partial charge in [-0.3, -0.25) is 0 Å². The maximum atomic E-state index is 6.06. The molecule has 20 heavy (non-hydrogen) atoms. The topological polar surface area (TPSA) is 18.5 Å². The summed E-state index contributed by atoms with van der Waals surface area (Å²) in [4.78, 5) is 0. The van der Waals surface area contributed by atoms with Gasteiger partial charge in [-0.05, 0) is 51.4 Å². The second kappa shape index (κ2) is 10.4. The van der Waals surface area contributed by atoms with Crippen molar-refractivity contribution >= 4 is 0 Å². The van der Waals surface area contributed by atoms with Crippen LogP contribution in [0.15, 0.2) is 12.2 Å². The van der Waals surface area contributed by atoms with Crippen LogP contribution < -0.4 is 0 Å². The lowest BCUT2D eigenvalue weighted by atomic mass is 9.78. The lowest BCUT2D eigenvalue weighted by molar-refractivity contribution is -0.0385. The van der Waals surface area contributed by atoms with Crippen LogP contribution in [0.2, 0.25) is 0 Å². The summed E-state index contributed by atoms with van der Waals surface area (Å²) in [7, 11) is 0. The van der Waals surface area contributed by atoms with Gasteiger partial charge in [0.1, 0.15) is 0 Å². The van der Waals surface area contributed by atoms with E-state index >= 15 is 0 Å². The molecule has 0 aliphatic heterocycles. The van der Waals surface area contributed by atoms with Crippen LogP contribution in [-0.4, -0.2) is 25.9 Å². The number of unbranched alkanes of at least 4 members (excludes halogenated alkanes) is 3. The van der Waals surface area contributed by atoms with Crippen LogP contribution in [0.5, 0.6) is 0 Å². The fourth-order valence-corrected chi connectivity index (χ4v) is 2.97. The van der Waals surface area contributed by atoms with E-state index in [9.17, 15) is 0 Å². The van der Waals surface area contributed by atoms with Gasteiger partial charge in [-0.25, -0.2) is 0 Å². The summed E-state index contributed by atoms with van der Waals surface area (Å²) < 4.78 is 11.7. The first-order chi connectivity index (χ1) is 9.65. The highest BCUT2D eigenvalue weighted by atomic mass is 16.5. The predicted octanol–water partition coefficient (Wildman–Crippen LogP) is 4.79. The van der Waals surface area contributed by atoms with E-state index in [0.717, 1.165) is 45.0 Å². The van der Waals surface area contributed by atoms with Crippen LogP contribution in [-0.2, 0) is 9.47 Å². The van der Waals surface area contributed by atoms with Crippen molar-refractivity contribution in [2.24, 2.45) is 11.8 Å². The fraction of sp³-hybridized carbons (Fsp3) is 0.833. The fourth-order valence-electron chi connectivity index (χ4n) is 2.97. The molecule has 1 aliphatic rings. The standard InChI is InChI=1S/C18H33O2/c1-5-6-7-8-11-19-12-13-20-18-14-16(4)9-10-17(18)15(2)3/h6,16-18H,2,5,7-14H2,1,3-4H3. The Balaban J connectivity index is 2.10. The van der Waals surface area contributed by atoms with Crippen LogP contribution in [0.25, 0.3) is 0 Å². The minimum absolute atomic E-state index is 0.355. The van der Waals surface area contributed by atoms with Crippen LogP contribution in [0.4, 0.5) is 0 Å². The van der Waals surface area contributed by atoms with Crippen molar-refractivity contribution in [1.82, 2.24) is 0 Å². The average molecular weight is 281 g/mol. The molecule has 2 heteroatoms. The number of ether oxygens (including phenoxy) is 2. The second-order valence-corrected chi connectivity index (χ2v) is 6.23. The Bertz CT molecular complexity index is 262. The number of hydrogen-bond donors (Lipinski definition) is 0. The molecule has 0 aromatic heterocycles. The third-order valence-corrected chi connectivity index (χ3v) is 4.23. The first-order valence-corrected chi connectivity index (χ1v) is 8.31. The summed E-state index contributed by atoms with van der Waals surface area (Å²) in [5, 5.41) is 0. The molecule has 0 amide bonds. The molecule has 1 saturated carbocycles. The second-order valence-electron chi connectivity index (χ2n) is 6.23. The summed E-state index contributed by atoms with van der Waals surface area (Å²) in [6.45, 7) is 13.1. The zero-order valence-electron chi connectivity index (χ0n) is 13.7. The third-order valence-electron chi connectivity index (χ3n) is 4.23. The number of hydrogen-bond acceptors (Lipinski definition) is 2. The molecule has 117 valence electrons. The van der Waals surface area contributed by atoms with E-state index in [1.807, 2.05) is 0 Å². The van der Waals surface area contributed by atoms with Gasteiger partial charge < -0.3 is 9.47 Å². The molecule has 0 heterocycles. The zero-order valence-corrected chi connectivity index (χ0v) is 13.7. The predicted molar refractivity (Wildman–Crippen MR) is 85.7 cm³/mol. The van der Waals surface area contributed by atoms with Crippen molar-refractivity contribution < 1.29 is 9.47 Å². The zero-order chi connectivity index (χ0) is 14.8. The van der Waals surface area contributed by atoms with Crippen molar-refractivity contribution in [1.29, 1.82) is 0 Å². The molecule has 1 radical (unpaired) electrons. The normalized spacial score (nSPS) is 26.6. The number of rotatable bonds is 10. The van der Waals surface area contributed by atoms with Gasteiger partial charge in [-0.15, -0.1) is 0 Å².